The van der Waals surface area contributed by atoms with E-state index in [0.717, 1.165) is 30.4 Å². The van der Waals surface area contributed by atoms with Crippen molar-refractivity contribution in [2.45, 2.75) is 31.0 Å². The first-order chi connectivity index (χ1) is 7.62. The van der Waals surface area contributed by atoms with Gasteiger partial charge in [0.25, 0.3) is 0 Å². The van der Waals surface area contributed by atoms with Crippen LogP contribution in [0.5, 0.6) is 0 Å². The Morgan fingerprint density at radius 1 is 1.50 bits per heavy atom. The molecule has 1 saturated carbocycles. The van der Waals surface area contributed by atoms with Crippen LogP contribution >= 0.6 is 22.6 Å². The molecule has 90 valence electrons. The van der Waals surface area contributed by atoms with Crippen molar-refractivity contribution >= 4 is 28.6 Å². The van der Waals surface area contributed by atoms with Crippen LogP contribution in [0.15, 0.2) is 0 Å². The molecular weight excluding hydrogens is 321 g/mol. The fraction of sp³-hybridized carbons (Fsp3) is 0.909. The predicted octanol–water partition coefficient (Wildman–Crippen LogP) is 0.876. The van der Waals surface area contributed by atoms with Crippen molar-refractivity contribution < 1.29 is 14.3 Å². The van der Waals surface area contributed by atoms with Gasteiger partial charge in [0.1, 0.15) is 11.0 Å². The first-order valence-electron chi connectivity index (χ1n) is 5.76. The summed E-state index contributed by atoms with van der Waals surface area (Å²) < 4.78 is 12.4. The smallest absolute Gasteiger partial charge is 0.315 e. The summed E-state index contributed by atoms with van der Waals surface area (Å²) in [6.45, 7) is 3.91. The monoisotopic (exact) mass is 337 g/mol. The average molecular weight is 337 g/mol. The number of hydrogen-bond acceptors (Lipinski definition) is 4. The highest BCUT2D eigenvalue weighted by atomic mass is 127. The largest absolute Gasteiger partial charge is 0.465 e. The Labute approximate surface area is 109 Å². The van der Waals surface area contributed by atoms with Gasteiger partial charge in [0.2, 0.25) is 0 Å². The number of ether oxygens (including phenoxy) is 2. The van der Waals surface area contributed by atoms with Gasteiger partial charge in [-0.05, 0) is 19.8 Å². The number of alkyl halides is 1. The van der Waals surface area contributed by atoms with Crippen LogP contribution in [0, 0.1) is 5.41 Å². The number of carbonyl (C=O) groups is 1. The van der Waals surface area contributed by atoms with Crippen LogP contribution in [0.3, 0.4) is 0 Å². The second kappa shape index (κ2) is 3.32. The van der Waals surface area contributed by atoms with Crippen LogP contribution < -0.4 is 5.32 Å². The standard InChI is InChI=1S/C11H16INO3/c1-2-15-8(14)10-3-9(4-10,5-12)16-11(10)6-13-7-11/h13H,2-7H2,1H3. The first kappa shape index (κ1) is 11.2. The van der Waals surface area contributed by atoms with E-state index in [-0.39, 0.29) is 22.6 Å². The Hall–Kier alpha value is 0.120. The third kappa shape index (κ3) is 1.09. The maximum absolute atomic E-state index is 12.1. The van der Waals surface area contributed by atoms with Crippen LogP contribution in [-0.2, 0) is 14.3 Å². The summed E-state index contributed by atoms with van der Waals surface area (Å²) in [5.74, 6) is -0.0468. The summed E-state index contributed by atoms with van der Waals surface area (Å²) in [5.41, 5.74) is -0.653. The van der Waals surface area contributed by atoms with Crippen molar-refractivity contribution in [3.8, 4) is 0 Å². The van der Waals surface area contributed by atoms with Crippen molar-refractivity contribution in [2.75, 3.05) is 24.1 Å². The van der Waals surface area contributed by atoms with Gasteiger partial charge in [0.15, 0.2) is 0 Å². The van der Waals surface area contributed by atoms with E-state index in [1.54, 1.807) is 0 Å². The highest BCUT2D eigenvalue weighted by molar-refractivity contribution is 14.1. The molecule has 0 unspecified atom stereocenters. The molecule has 3 saturated heterocycles. The molecule has 0 radical (unpaired) electrons. The van der Waals surface area contributed by atoms with Crippen molar-refractivity contribution in [1.29, 1.82) is 0 Å². The van der Waals surface area contributed by atoms with Crippen LogP contribution in [0.1, 0.15) is 19.8 Å². The summed E-state index contributed by atoms with van der Waals surface area (Å²) in [5, 5.41) is 3.23. The summed E-state index contributed by atoms with van der Waals surface area (Å²) >= 11 is 2.36. The molecule has 0 aromatic rings. The number of carbonyl (C=O) groups excluding carboxylic acids is 1. The minimum Gasteiger partial charge on any atom is -0.465 e. The van der Waals surface area contributed by atoms with Crippen molar-refractivity contribution in [1.82, 2.24) is 5.32 Å². The molecule has 0 atom stereocenters. The SMILES string of the molecule is CCOC(=O)C12CC(CI)(C1)OC21CNC1. The Morgan fingerprint density at radius 2 is 2.19 bits per heavy atom. The van der Waals surface area contributed by atoms with Crippen LogP contribution in [0.4, 0.5) is 0 Å². The second-order valence-electron chi connectivity index (χ2n) is 5.17. The highest BCUT2D eigenvalue weighted by Crippen LogP contribution is 2.68. The molecule has 3 aliphatic heterocycles. The van der Waals surface area contributed by atoms with E-state index < -0.39 is 0 Å². The number of esters is 1. The van der Waals surface area contributed by atoms with E-state index in [1.807, 2.05) is 6.92 Å². The lowest BCUT2D eigenvalue weighted by molar-refractivity contribution is -0.167. The Balaban J connectivity index is 1.88. The average Bonchev–Trinajstić information content (AvgIpc) is 2.63. The summed E-state index contributed by atoms with van der Waals surface area (Å²) in [7, 11) is 0. The van der Waals surface area contributed by atoms with Gasteiger partial charge >= 0.3 is 5.97 Å². The molecule has 0 aromatic carbocycles. The molecule has 4 rings (SSSR count). The van der Waals surface area contributed by atoms with Crippen LogP contribution in [0.2, 0.25) is 0 Å². The van der Waals surface area contributed by atoms with Gasteiger partial charge in [-0.15, -0.1) is 0 Å². The number of rotatable bonds is 3. The lowest BCUT2D eigenvalue weighted by Crippen LogP contribution is -2.68. The van der Waals surface area contributed by atoms with Crippen LogP contribution in [0.25, 0.3) is 0 Å². The van der Waals surface area contributed by atoms with Crippen molar-refractivity contribution in [3.05, 3.63) is 0 Å². The molecule has 4 aliphatic rings. The maximum Gasteiger partial charge on any atom is 0.315 e. The fourth-order valence-electron chi connectivity index (χ4n) is 3.44. The molecule has 4 fully saturated rings. The van der Waals surface area contributed by atoms with E-state index in [9.17, 15) is 4.79 Å². The quantitative estimate of drug-likeness (QED) is 0.472. The summed E-state index contributed by atoms with van der Waals surface area (Å²) in [6.07, 6.45) is 1.70. The third-order valence-corrected chi connectivity index (χ3v) is 5.65. The molecule has 0 aromatic heterocycles. The van der Waals surface area contributed by atoms with Crippen LogP contribution in [-0.4, -0.2) is 41.3 Å². The Morgan fingerprint density at radius 3 is 2.62 bits per heavy atom. The van der Waals surface area contributed by atoms with Gasteiger partial charge in [0, 0.05) is 17.5 Å². The van der Waals surface area contributed by atoms with E-state index in [0.29, 0.717) is 6.61 Å². The minimum atomic E-state index is -0.348. The van der Waals surface area contributed by atoms with Gasteiger partial charge < -0.3 is 14.8 Å². The molecule has 0 amide bonds. The molecular formula is C11H16INO3. The van der Waals surface area contributed by atoms with Gasteiger partial charge in [0.05, 0.1) is 12.2 Å². The van der Waals surface area contributed by atoms with Crippen molar-refractivity contribution in [2.24, 2.45) is 5.41 Å². The summed E-state index contributed by atoms with van der Waals surface area (Å²) in [4.78, 5) is 12.1. The Kier molecular flexibility index (Phi) is 2.33. The van der Waals surface area contributed by atoms with Crippen molar-refractivity contribution in [3.63, 3.8) is 0 Å². The molecule has 1 spiro atoms. The topological polar surface area (TPSA) is 47.6 Å². The predicted molar refractivity (Wildman–Crippen MR) is 66.6 cm³/mol. The number of hydrogen-bond donors (Lipinski definition) is 1. The normalized spacial score (nSPS) is 42.6. The van der Waals surface area contributed by atoms with Gasteiger partial charge in [-0.3, -0.25) is 4.79 Å². The van der Waals surface area contributed by atoms with Gasteiger partial charge in [-0.2, -0.15) is 0 Å². The van der Waals surface area contributed by atoms with E-state index in [1.165, 1.54) is 0 Å². The Bertz CT molecular complexity index is 334. The lowest BCUT2D eigenvalue weighted by atomic mass is 9.55. The zero-order chi connectivity index (χ0) is 11.4. The molecule has 16 heavy (non-hydrogen) atoms. The van der Waals surface area contributed by atoms with Gasteiger partial charge in [-0.1, -0.05) is 22.6 Å². The lowest BCUT2D eigenvalue weighted by Gasteiger charge is -2.49. The van der Waals surface area contributed by atoms with Gasteiger partial charge in [-0.25, -0.2) is 0 Å². The highest BCUT2D eigenvalue weighted by Gasteiger charge is 2.79. The zero-order valence-electron chi connectivity index (χ0n) is 9.35. The van der Waals surface area contributed by atoms with E-state index in [2.05, 4.69) is 27.9 Å². The minimum absolute atomic E-state index is 0.0462. The number of halogens is 1. The zero-order valence-corrected chi connectivity index (χ0v) is 11.5. The molecule has 4 nitrogen and oxygen atoms in total. The fourth-order valence-corrected chi connectivity index (χ4v) is 4.13. The third-order valence-electron chi connectivity index (χ3n) is 4.26. The molecule has 3 heterocycles. The molecule has 5 heteroatoms. The van der Waals surface area contributed by atoms with E-state index >= 15 is 0 Å². The first-order valence-corrected chi connectivity index (χ1v) is 7.29. The maximum atomic E-state index is 12.1. The van der Waals surface area contributed by atoms with E-state index in [4.69, 9.17) is 9.47 Å². The number of nitrogens with one attached hydrogen (secondary N) is 1. The summed E-state index contributed by atoms with van der Waals surface area (Å²) in [6, 6.07) is 0. The second-order valence-corrected chi connectivity index (χ2v) is 5.94. The molecule has 1 N–H and O–H groups in total. The molecule has 2 bridgehead atoms. The molecule has 1 aliphatic carbocycles.